The molecule has 0 spiro atoms. The average molecular weight is 284 g/mol. The fourth-order valence-corrected chi connectivity index (χ4v) is 1.83. The molecule has 0 heterocycles. The lowest BCUT2D eigenvalue weighted by atomic mass is 10.2. The van der Waals surface area contributed by atoms with Crippen molar-refractivity contribution in [3.05, 3.63) is 35.9 Å². The average Bonchev–Trinajstić information content (AvgIpc) is 2.39. The molecule has 1 aromatic rings. The fraction of sp³-hybridized carbons (Fsp3) is 0.385. The molecule has 0 amide bonds. The van der Waals surface area contributed by atoms with Crippen molar-refractivity contribution in [3.63, 3.8) is 0 Å². The highest BCUT2D eigenvalue weighted by Crippen LogP contribution is 1.95. The predicted octanol–water partition coefficient (Wildman–Crippen LogP) is -2.04. The lowest BCUT2D eigenvalue weighted by Crippen LogP contribution is -3.13. The zero-order chi connectivity index (χ0) is 15.1. The number of nitrogens with one attached hydrogen (secondary N) is 1. The summed E-state index contributed by atoms with van der Waals surface area (Å²) in [4.78, 5) is 21.8. The molecule has 7 heteroatoms. The molecule has 2 atom stereocenters. The van der Waals surface area contributed by atoms with E-state index in [1.54, 1.807) is 24.3 Å². The van der Waals surface area contributed by atoms with E-state index in [9.17, 15) is 19.8 Å². The van der Waals surface area contributed by atoms with Gasteiger partial charge in [0.15, 0.2) is 0 Å². The second kappa shape index (κ2) is 7.59. The Bertz CT molecular complexity index is 427. The summed E-state index contributed by atoms with van der Waals surface area (Å²) in [6, 6.07) is 9.03. The van der Waals surface area contributed by atoms with Crippen LogP contribution in [-0.2, 0) is 16.1 Å². The topological polar surface area (TPSA) is 120 Å². The molecule has 1 aromatic carbocycles. The van der Waals surface area contributed by atoms with Crippen molar-refractivity contribution in [3.8, 4) is 0 Å². The molecular weight excluding hydrogens is 266 g/mol. The number of hydrogen-bond acceptors (Lipinski definition) is 4. The first-order valence-corrected chi connectivity index (χ1v) is 6.09. The third-order valence-corrected chi connectivity index (χ3v) is 2.83. The van der Waals surface area contributed by atoms with E-state index in [4.69, 9.17) is 10.2 Å². The zero-order valence-corrected chi connectivity index (χ0v) is 10.8. The molecule has 1 rings (SSSR count). The molecule has 0 fully saturated rings. The van der Waals surface area contributed by atoms with E-state index in [1.807, 2.05) is 6.07 Å². The lowest BCUT2D eigenvalue weighted by molar-refractivity contribution is -0.918. The van der Waals surface area contributed by atoms with Gasteiger partial charge in [0, 0.05) is 5.56 Å². The minimum Gasteiger partial charge on any atom is -0.479 e. The van der Waals surface area contributed by atoms with E-state index in [2.05, 4.69) is 0 Å². The van der Waals surface area contributed by atoms with Crippen LogP contribution in [0, 0.1) is 0 Å². The van der Waals surface area contributed by atoms with Gasteiger partial charge in [0.2, 0.25) is 12.2 Å². The highest BCUT2D eigenvalue weighted by molar-refractivity contribution is 5.72. The third-order valence-electron chi connectivity index (χ3n) is 2.83. The molecular formula is C13H18NO6+. The zero-order valence-electron chi connectivity index (χ0n) is 10.8. The highest BCUT2D eigenvalue weighted by atomic mass is 16.4. The Labute approximate surface area is 115 Å². The summed E-state index contributed by atoms with van der Waals surface area (Å²) in [6.07, 6.45) is -3.20. The van der Waals surface area contributed by atoms with Gasteiger partial charge in [-0.2, -0.15) is 0 Å². The summed E-state index contributed by atoms with van der Waals surface area (Å²) in [5, 5.41) is 36.2. The minimum atomic E-state index is -1.60. The monoisotopic (exact) mass is 284 g/mol. The van der Waals surface area contributed by atoms with Crippen molar-refractivity contribution in [1.29, 1.82) is 0 Å². The number of aliphatic carboxylic acids is 2. The van der Waals surface area contributed by atoms with Crippen LogP contribution >= 0.6 is 0 Å². The first kappa shape index (κ1) is 16.1. The van der Waals surface area contributed by atoms with Crippen molar-refractivity contribution in [2.75, 3.05) is 13.1 Å². The van der Waals surface area contributed by atoms with Crippen LogP contribution in [0.2, 0.25) is 0 Å². The number of carbonyl (C=O) groups is 2. The Morgan fingerprint density at radius 3 is 1.80 bits per heavy atom. The highest BCUT2D eigenvalue weighted by Gasteiger charge is 2.26. The maximum atomic E-state index is 10.7. The van der Waals surface area contributed by atoms with Crippen LogP contribution in [0.15, 0.2) is 30.3 Å². The Morgan fingerprint density at radius 1 is 0.950 bits per heavy atom. The Morgan fingerprint density at radius 2 is 1.40 bits per heavy atom. The number of benzene rings is 1. The van der Waals surface area contributed by atoms with E-state index in [1.165, 1.54) is 0 Å². The van der Waals surface area contributed by atoms with Crippen LogP contribution in [0.3, 0.4) is 0 Å². The van der Waals surface area contributed by atoms with Crippen molar-refractivity contribution in [2.24, 2.45) is 0 Å². The molecule has 0 aliphatic heterocycles. The molecule has 0 radical (unpaired) electrons. The molecule has 0 aliphatic carbocycles. The predicted molar refractivity (Wildman–Crippen MR) is 68.1 cm³/mol. The van der Waals surface area contributed by atoms with Gasteiger partial charge in [-0.15, -0.1) is 0 Å². The molecule has 0 aromatic heterocycles. The standard InChI is InChI=1S/C13H17NO6/c15-10(12(17)18)7-14(8-11(16)13(19)20)6-9-4-2-1-3-5-9/h1-5,10-11,15-16H,6-8H2,(H,17,18)(H,19,20)/p+1. The molecule has 20 heavy (non-hydrogen) atoms. The van der Waals surface area contributed by atoms with Crippen LogP contribution < -0.4 is 4.90 Å². The summed E-state index contributed by atoms with van der Waals surface area (Å²) in [5.74, 6) is -2.75. The molecule has 0 aliphatic rings. The summed E-state index contributed by atoms with van der Waals surface area (Å²) in [7, 11) is 0. The number of hydrogen-bond donors (Lipinski definition) is 5. The first-order valence-electron chi connectivity index (χ1n) is 6.09. The quantitative estimate of drug-likeness (QED) is 0.375. The number of carboxylic acids is 2. The van der Waals surface area contributed by atoms with Gasteiger partial charge in [-0.1, -0.05) is 30.3 Å². The van der Waals surface area contributed by atoms with Gasteiger partial charge in [-0.25, -0.2) is 9.59 Å². The molecule has 5 N–H and O–H groups in total. The van der Waals surface area contributed by atoms with Crippen molar-refractivity contribution >= 4 is 11.9 Å². The summed E-state index contributed by atoms with van der Waals surface area (Å²) in [5.41, 5.74) is 0.859. The molecule has 0 bridgehead atoms. The van der Waals surface area contributed by atoms with Crippen molar-refractivity contribution in [1.82, 2.24) is 0 Å². The molecule has 110 valence electrons. The Balaban J connectivity index is 2.73. The largest absolute Gasteiger partial charge is 0.479 e. The van der Waals surface area contributed by atoms with Crippen molar-refractivity contribution in [2.45, 2.75) is 18.8 Å². The lowest BCUT2D eigenvalue weighted by Gasteiger charge is -2.22. The maximum absolute atomic E-state index is 10.7. The van der Waals surface area contributed by atoms with Gasteiger partial charge < -0.3 is 25.3 Å². The van der Waals surface area contributed by atoms with Gasteiger partial charge in [0.05, 0.1) is 0 Å². The summed E-state index contributed by atoms with van der Waals surface area (Å²) in [6.45, 7) is -0.0569. The van der Waals surface area contributed by atoms with Crippen LogP contribution in [0.25, 0.3) is 0 Å². The van der Waals surface area contributed by atoms with E-state index in [-0.39, 0.29) is 13.1 Å². The van der Waals surface area contributed by atoms with Gasteiger partial charge in [0.1, 0.15) is 19.6 Å². The summed E-state index contributed by atoms with van der Waals surface area (Å²) < 4.78 is 0. The van der Waals surface area contributed by atoms with Gasteiger partial charge >= 0.3 is 11.9 Å². The molecule has 2 unspecified atom stereocenters. The van der Waals surface area contributed by atoms with Crippen LogP contribution in [0.4, 0.5) is 0 Å². The van der Waals surface area contributed by atoms with Gasteiger partial charge in [-0.05, 0) is 0 Å². The first-order chi connectivity index (χ1) is 9.40. The second-order valence-electron chi connectivity index (χ2n) is 4.53. The molecule has 7 nitrogen and oxygen atoms in total. The smallest absolute Gasteiger partial charge is 0.338 e. The van der Waals surface area contributed by atoms with Gasteiger partial charge in [0.25, 0.3) is 0 Å². The molecule has 0 saturated carbocycles. The van der Waals surface area contributed by atoms with Crippen LogP contribution in [0.5, 0.6) is 0 Å². The van der Waals surface area contributed by atoms with Crippen molar-refractivity contribution < 1.29 is 34.9 Å². The maximum Gasteiger partial charge on any atom is 0.338 e. The SMILES string of the molecule is O=C(O)C(O)C[NH+](Cc1ccccc1)CC(O)C(=O)O. The van der Waals surface area contributed by atoms with Crippen LogP contribution in [-0.4, -0.2) is 57.7 Å². The minimum absolute atomic E-state index is 0.186. The fourth-order valence-electron chi connectivity index (χ4n) is 1.83. The number of aliphatic hydroxyl groups excluding tert-OH is 2. The van der Waals surface area contributed by atoms with E-state index in [0.29, 0.717) is 11.4 Å². The number of aliphatic hydroxyl groups is 2. The Hall–Kier alpha value is -1.96. The van der Waals surface area contributed by atoms with E-state index in [0.717, 1.165) is 5.56 Å². The number of rotatable bonds is 8. The second-order valence-corrected chi connectivity index (χ2v) is 4.53. The molecule has 0 saturated heterocycles. The number of quaternary nitrogens is 1. The normalized spacial score (nSPS) is 15.3. The van der Waals surface area contributed by atoms with E-state index >= 15 is 0 Å². The van der Waals surface area contributed by atoms with E-state index < -0.39 is 24.1 Å². The summed E-state index contributed by atoms with van der Waals surface area (Å²) >= 11 is 0. The Kier molecular flexibility index (Phi) is 6.10. The van der Waals surface area contributed by atoms with Gasteiger partial charge in [-0.3, -0.25) is 0 Å². The number of carboxylic acid groups (broad SMARTS) is 2. The van der Waals surface area contributed by atoms with Crippen LogP contribution in [0.1, 0.15) is 5.56 Å². The third kappa shape index (κ3) is 5.35.